The summed E-state index contributed by atoms with van der Waals surface area (Å²) in [5.74, 6) is -0.784. The predicted octanol–water partition coefficient (Wildman–Crippen LogP) is 2.36. The third kappa shape index (κ3) is 4.94. The van der Waals surface area contributed by atoms with Crippen LogP contribution >= 0.6 is 0 Å². The van der Waals surface area contributed by atoms with E-state index >= 15 is 0 Å². The highest BCUT2D eigenvalue weighted by Crippen LogP contribution is 2.15. The zero-order chi connectivity index (χ0) is 14.2. The molecule has 1 aliphatic heterocycles. The summed E-state index contributed by atoms with van der Waals surface area (Å²) in [7, 11) is 0. The largest absolute Gasteiger partial charge is 0.481 e. The normalized spacial score (nSPS) is 18.9. The quantitative estimate of drug-likeness (QED) is 0.751. The van der Waals surface area contributed by atoms with E-state index in [0.29, 0.717) is 6.10 Å². The number of rotatable bonds is 7. The number of hydrogen-bond acceptors (Lipinski definition) is 3. The van der Waals surface area contributed by atoms with Crippen molar-refractivity contribution in [1.82, 2.24) is 5.32 Å². The van der Waals surface area contributed by atoms with Crippen molar-refractivity contribution in [3.05, 3.63) is 35.4 Å². The highest BCUT2D eigenvalue weighted by molar-refractivity contribution is 5.70. The lowest BCUT2D eigenvalue weighted by atomic mass is 10.0. The number of hydrogen-bond donors (Lipinski definition) is 2. The van der Waals surface area contributed by atoms with Gasteiger partial charge in [-0.1, -0.05) is 24.3 Å². The molecule has 4 nitrogen and oxygen atoms in total. The van der Waals surface area contributed by atoms with Crippen LogP contribution in [0.4, 0.5) is 0 Å². The number of ether oxygens (including phenoxy) is 1. The number of aliphatic carboxylic acids is 1. The van der Waals surface area contributed by atoms with Crippen molar-refractivity contribution < 1.29 is 14.6 Å². The molecular weight excluding hydrogens is 254 g/mol. The van der Waals surface area contributed by atoms with Gasteiger partial charge in [0.25, 0.3) is 0 Å². The first-order valence-electron chi connectivity index (χ1n) is 7.36. The van der Waals surface area contributed by atoms with Crippen LogP contribution in [0.3, 0.4) is 0 Å². The molecule has 1 saturated heterocycles. The van der Waals surface area contributed by atoms with Crippen molar-refractivity contribution in [3.63, 3.8) is 0 Å². The van der Waals surface area contributed by atoms with E-state index in [2.05, 4.69) is 5.32 Å². The minimum atomic E-state index is -0.784. The van der Waals surface area contributed by atoms with Gasteiger partial charge in [0.05, 0.1) is 12.5 Å². The summed E-state index contributed by atoms with van der Waals surface area (Å²) in [4.78, 5) is 10.8. The molecule has 1 heterocycles. The van der Waals surface area contributed by atoms with Gasteiger partial charge in [-0.2, -0.15) is 0 Å². The van der Waals surface area contributed by atoms with Crippen LogP contribution in [0.5, 0.6) is 0 Å². The second kappa shape index (κ2) is 8.02. The summed E-state index contributed by atoms with van der Waals surface area (Å²) in [5.41, 5.74) is 1.96. The van der Waals surface area contributed by atoms with Crippen LogP contribution in [0.25, 0.3) is 0 Å². The molecule has 110 valence electrons. The summed E-state index contributed by atoms with van der Waals surface area (Å²) in [6.07, 6.45) is 5.13. The van der Waals surface area contributed by atoms with Gasteiger partial charge in [0, 0.05) is 13.2 Å². The minimum absolute atomic E-state index is 0.0869. The molecular formula is C16H23NO3. The van der Waals surface area contributed by atoms with Crippen molar-refractivity contribution in [3.8, 4) is 0 Å². The first-order chi connectivity index (χ1) is 9.75. The molecule has 20 heavy (non-hydrogen) atoms. The van der Waals surface area contributed by atoms with Gasteiger partial charge in [-0.3, -0.25) is 4.79 Å². The van der Waals surface area contributed by atoms with Gasteiger partial charge in [-0.25, -0.2) is 0 Å². The predicted molar refractivity (Wildman–Crippen MR) is 77.7 cm³/mol. The highest BCUT2D eigenvalue weighted by Gasteiger charge is 2.13. The SMILES string of the molecule is O=C(O)Cc1ccccc1CNCCC1CCCCO1. The highest BCUT2D eigenvalue weighted by atomic mass is 16.5. The fraction of sp³-hybridized carbons (Fsp3) is 0.562. The van der Waals surface area contributed by atoms with Crippen LogP contribution in [0.15, 0.2) is 24.3 Å². The van der Waals surface area contributed by atoms with Crippen LogP contribution in [-0.4, -0.2) is 30.3 Å². The van der Waals surface area contributed by atoms with Gasteiger partial charge in [0.1, 0.15) is 0 Å². The molecule has 0 saturated carbocycles. The third-order valence-electron chi connectivity index (χ3n) is 3.69. The van der Waals surface area contributed by atoms with Crippen LogP contribution in [0, 0.1) is 0 Å². The molecule has 1 aromatic rings. The van der Waals surface area contributed by atoms with Crippen LogP contribution < -0.4 is 5.32 Å². The lowest BCUT2D eigenvalue weighted by Gasteiger charge is -2.22. The van der Waals surface area contributed by atoms with E-state index in [-0.39, 0.29) is 6.42 Å². The average molecular weight is 277 g/mol. The molecule has 1 aromatic carbocycles. The summed E-state index contributed by atoms with van der Waals surface area (Å²) in [5, 5.41) is 12.3. The Balaban J connectivity index is 1.74. The molecule has 0 aliphatic carbocycles. The first-order valence-corrected chi connectivity index (χ1v) is 7.36. The second-order valence-corrected chi connectivity index (χ2v) is 5.29. The van der Waals surface area contributed by atoms with Crippen molar-refractivity contribution in [2.24, 2.45) is 0 Å². The third-order valence-corrected chi connectivity index (χ3v) is 3.69. The fourth-order valence-electron chi connectivity index (χ4n) is 2.59. The molecule has 0 spiro atoms. The second-order valence-electron chi connectivity index (χ2n) is 5.29. The summed E-state index contributed by atoms with van der Waals surface area (Å²) < 4.78 is 5.69. The standard InChI is InChI=1S/C16H23NO3/c18-16(19)11-13-5-1-2-6-14(13)12-17-9-8-15-7-3-4-10-20-15/h1-2,5-6,15,17H,3-4,7-12H2,(H,18,19). The van der Waals surface area contributed by atoms with Gasteiger partial charge < -0.3 is 15.2 Å². The van der Waals surface area contributed by atoms with Crippen LogP contribution in [-0.2, 0) is 22.5 Å². The van der Waals surface area contributed by atoms with Crippen molar-refractivity contribution >= 4 is 5.97 Å². The summed E-state index contributed by atoms with van der Waals surface area (Å²) in [6, 6.07) is 7.71. The molecule has 2 N–H and O–H groups in total. The minimum Gasteiger partial charge on any atom is -0.481 e. The van der Waals surface area contributed by atoms with Gasteiger partial charge in [-0.05, 0) is 43.4 Å². The molecule has 0 bridgehead atoms. The monoisotopic (exact) mass is 277 g/mol. The van der Waals surface area contributed by atoms with E-state index < -0.39 is 5.97 Å². The van der Waals surface area contributed by atoms with E-state index in [1.54, 1.807) is 0 Å². The zero-order valence-electron chi connectivity index (χ0n) is 11.8. The Hall–Kier alpha value is -1.39. The number of carboxylic acid groups (broad SMARTS) is 1. The van der Waals surface area contributed by atoms with E-state index in [9.17, 15) is 4.79 Å². The molecule has 1 atom stereocenters. The Bertz CT molecular complexity index is 427. The molecule has 0 radical (unpaired) electrons. The van der Waals surface area contributed by atoms with E-state index in [1.807, 2.05) is 24.3 Å². The number of benzene rings is 1. The first kappa shape index (κ1) is 15.0. The number of nitrogens with one attached hydrogen (secondary N) is 1. The Kier molecular flexibility index (Phi) is 6.02. The van der Waals surface area contributed by atoms with Crippen molar-refractivity contribution in [2.45, 2.75) is 44.8 Å². The summed E-state index contributed by atoms with van der Waals surface area (Å²) in [6.45, 7) is 2.52. The average Bonchev–Trinajstić information content (AvgIpc) is 2.46. The summed E-state index contributed by atoms with van der Waals surface area (Å²) >= 11 is 0. The molecule has 1 unspecified atom stereocenters. The Morgan fingerprint density at radius 2 is 2.10 bits per heavy atom. The smallest absolute Gasteiger partial charge is 0.307 e. The Morgan fingerprint density at radius 1 is 1.30 bits per heavy atom. The van der Waals surface area contributed by atoms with Gasteiger partial charge in [0.2, 0.25) is 0 Å². The molecule has 0 aromatic heterocycles. The van der Waals surface area contributed by atoms with Crippen LogP contribution in [0.2, 0.25) is 0 Å². The molecule has 1 aliphatic rings. The maximum absolute atomic E-state index is 10.8. The molecule has 4 heteroatoms. The molecule has 1 fully saturated rings. The lowest BCUT2D eigenvalue weighted by molar-refractivity contribution is -0.136. The number of carboxylic acids is 1. The topological polar surface area (TPSA) is 58.6 Å². The maximum atomic E-state index is 10.8. The fourth-order valence-corrected chi connectivity index (χ4v) is 2.59. The van der Waals surface area contributed by atoms with Gasteiger partial charge in [-0.15, -0.1) is 0 Å². The van der Waals surface area contributed by atoms with Gasteiger partial charge >= 0.3 is 5.97 Å². The van der Waals surface area contributed by atoms with Gasteiger partial charge in [0.15, 0.2) is 0 Å². The Morgan fingerprint density at radius 3 is 2.80 bits per heavy atom. The maximum Gasteiger partial charge on any atom is 0.307 e. The molecule has 2 rings (SSSR count). The van der Waals surface area contributed by atoms with E-state index in [4.69, 9.17) is 9.84 Å². The van der Waals surface area contributed by atoms with E-state index in [0.717, 1.165) is 43.7 Å². The number of carbonyl (C=O) groups is 1. The van der Waals surface area contributed by atoms with Crippen LogP contribution in [0.1, 0.15) is 36.8 Å². The lowest BCUT2D eigenvalue weighted by Crippen LogP contribution is -2.25. The van der Waals surface area contributed by atoms with Crippen molar-refractivity contribution in [1.29, 1.82) is 0 Å². The zero-order valence-corrected chi connectivity index (χ0v) is 11.8. The van der Waals surface area contributed by atoms with Crippen molar-refractivity contribution in [2.75, 3.05) is 13.2 Å². The van der Waals surface area contributed by atoms with E-state index in [1.165, 1.54) is 12.8 Å². The Labute approximate surface area is 120 Å². The molecule has 0 amide bonds.